The van der Waals surface area contributed by atoms with E-state index < -0.39 is 47.1 Å². The SMILES string of the molecule is CC[C@H](CC(=O)[C@H](C)NC(=O)[C@@H](N)CNC(=O)c1ccc(NCc2cnc3nc(N)[nH]c(=O)c3n2)cc1)C(=O)O.O=C=O. The standard InChI is InChI=1S/C25H31N9O6.CO2/c1-3-13(24(39)40)8-18(35)12(2)31-22(37)17(26)11-30-21(36)14-4-6-15(7-5-14)28-9-16-10-29-20-19(32-16)23(38)34-25(27)33-20;2-1-3/h4-7,10,12-13,17,28H,3,8-9,11,26H2,1-2H3,(H,30,36)(H,31,37)(H,39,40)(H3,27,29,33,34,38);/t12-,13+,17-;/m0./s1. The van der Waals surface area contributed by atoms with Crippen molar-refractivity contribution in [1.29, 1.82) is 0 Å². The Labute approximate surface area is 243 Å². The maximum absolute atomic E-state index is 12.5. The molecule has 2 heterocycles. The third-order valence-corrected chi connectivity index (χ3v) is 6.06. The fraction of sp³-hybridized carbons (Fsp3) is 0.346. The van der Waals surface area contributed by atoms with E-state index in [0.29, 0.717) is 23.4 Å². The van der Waals surface area contributed by atoms with E-state index in [0.717, 1.165) is 0 Å². The molecule has 17 nitrogen and oxygen atoms in total. The van der Waals surface area contributed by atoms with Crippen molar-refractivity contribution in [1.82, 2.24) is 30.6 Å². The van der Waals surface area contributed by atoms with Crippen LogP contribution in [0, 0.1) is 5.92 Å². The third-order valence-electron chi connectivity index (χ3n) is 6.06. The minimum Gasteiger partial charge on any atom is -0.481 e. The molecule has 0 aliphatic carbocycles. The Morgan fingerprint density at radius 2 is 1.77 bits per heavy atom. The second kappa shape index (κ2) is 16.0. The summed E-state index contributed by atoms with van der Waals surface area (Å²) in [6.07, 6.45) is 1.81. The number of H-pyrrole nitrogens is 1. The van der Waals surface area contributed by atoms with Crippen LogP contribution in [0.3, 0.4) is 0 Å². The molecule has 0 aliphatic rings. The Bertz CT molecular complexity index is 1550. The molecule has 3 atom stereocenters. The van der Waals surface area contributed by atoms with Crippen molar-refractivity contribution in [3.05, 3.63) is 52.1 Å². The summed E-state index contributed by atoms with van der Waals surface area (Å²) < 4.78 is 0. The number of amides is 2. The molecule has 2 amide bonds. The molecule has 0 fully saturated rings. The highest BCUT2D eigenvalue weighted by Crippen LogP contribution is 2.12. The minimum atomic E-state index is -1.12. The van der Waals surface area contributed by atoms with Crippen molar-refractivity contribution >= 4 is 52.5 Å². The number of nitrogen functional groups attached to an aromatic ring is 1. The molecule has 0 radical (unpaired) electrons. The summed E-state index contributed by atoms with van der Waals surface area (Å²) in [6, 6.07) is 4.43. The van der Waals surface area contributed by atoms with E-state index in [1.54, 1.807) is 31.2 Å². The molecule has 0 saturated heterocycles. The van der Waals surface area contributed by atoms with Gasteiger partial charge in [-0.15, -0.1) is 0 Å². The van der Waals surface area contributed by atoms with E-state index in [-0.39, 0.29) is 42.8 Å². The lowest BCUT2D eigenvalue weighted by Crippen LogP contribution is -2.51. The van der Waals surface area contributed by atoms with Crippen LogP contribution in [0.2, 0.25) is 0 Å². The maximum Gasteiger partial charge on any atom is 0.373 e. The van der Waals surface area contributed by atoms with E-state index in [4.69, 9.17) is 26.2 Å². The van der Waals surface area contributed by atoms with Crippen LogP contribution in [0.15, 0.2) is 35.3 Å². The molecule has 1 aromatic carbocycles. The topological polar surface area (TPSA) is 282 Å². The number of carbonyl (C=O) groups excluding carboxylic acids is 5. The number of carboxylic acids is 1. The van der Waals surface area contributed by atoms with Crippen molar-refractivity contribution in [2.24, 2.45) is 11.7 Å². The number of hydrogen-bond acceptors (Lipinski definition) is 13. The number of aliphatic carboxylic acids is 1. The molecule has 0 aliphatic heterocycles. The Morgan fingerprint density at radius 1 is 1.12 bits per heavy atom. The first-order valence-corrected chi connectivity index (χ1v) is 12.8. The summed E-state index contributed by atoms with van der Waals surface area (Å²) in [7, 11) is 0. The summed E-state index contributed by atoms with van der Waals surface area (Å²) in [5, 5.41) is 17.2. The fourth-order valence-electron chi connectivity index (χ4n) is 3.61. The van der Waals surface area contributed by atoms with Crippen molar-refractivity contribution in [3.63, 3.8) is 0 Å². The van der Waals surface area contributed by atoms with E-state index in [2.05, 4.69) is 35.9 Å². The van der Waals surface area contributed by atoms with Crippen LogP contribution in [0.1, 0.15) is 42.7 Å². The maximum atomic E-state index is 12.5. The number of carbonyl (C=O) groups is 4. The molecule has 3 rings (SSSR count). The van der Waals surface area contributed by atoms with E-state index in [1.165, 1.54) is 13.1 Å². The zero-order chi connectivity index (χ0) is 32.1. The number of aromatic amines is 1. The smallest absolute Gasteiger partial charge is 0.373 e. The average Bonchev–Trinajstić information content (AvgIpc) is 2.97. The second-order valence-corrected chi connectivity index (χ2v) is 9.16. The number of carboxylic acid groups (broad SMARTS) is 1. The molecular formula is C26H31N9O8. The number of hydrogen-bond donors (Lipinski definition) is 7. The number of nitrogens with one attached hydrogen (secondary N) is 4. The van der Waals surface area contributed by atoms with E-state index in [9.17, 15) is 24.0 Å². The molecule has 2 aromatic heterocycles. The Kier molecular flexibility index (Phi) is 12.6. The normalized spacial score (nSPS) is 12.4. The van der Waals surface area contributed by atoms with Crippen LogP contribution in [0.5, 0.6) is 0 Å². The van der Waals surface area contributed by atoms with Crippen LogP contribution in [0.4, 0.5) is 11.6 Å². The van der Waals surface area contributed by atoms with Gasteiger partial charge in [0.15, 0.2) is 16.9 Å². The van der Waals surface area contributed by atoms with Crippen LogP contribution in [-0.4, -0.2) is 73.4 Å². The number of benzene rings is 1. The zero-order valence-corrected chi connectivity index (χ0v) is 23.2. The number of rotatable bonds is 13. The molecule has 17 heteroatoms. The lowest BCUT2D eigenvalue weighted by Gasteiger charge is -2.18. The molecule has 228 valence electrons. The molecular weight excluding hydrogens is 566 g/mol. The van der Waals surface area contributed by atoms with E-state index >= 15 is 0 Å². The fourth-order valence-corrected chi connectivity index (χ4v) is 3.61. The van der Waals surface area contributed by atoms with Gasteiger partial charge in [-0.1, -0.05) is 6.92 Å². The Hall–Kier alpha value is -5.54. The molecule has 0 spiro atoms. The van der Waals surface area contributed by atoms with Gasteiger partial charge >= 0.3 is 12.1 Å². The Balaban J connectivity index is 0.00000206. The van der Waals surface area contributed by atoms with Gasteiger partial charge in [0.2, 0.25) is 11.9 Å². The van der Waals surface area contributed by atoms with Crippen LogP contribution in [0.25, 0.3) is 11.2 Å². The monoisotopic (exact) mass is 597 g/mol. The van der Waals surface area contributed by atoms with Crippen molar-refractivity contribution < 1.29 is 33.9 Å². The third kappa shape index (κ3) is 10.1. The molecule has 3 aromatic rings. The lowest BCUT2D eigenvalue weighted by atomic mass is 9.97. The highest BCUT2D eigenvalue weighted by atomic mass is 16.4. The molecule has 0 saturated carbocycles. The van der Waals surface area contributed by atoms with Gasteiger partial charge in [0.05, 0.1) is 30.4 Å². The first-order valence-electron chi connectivity index (χ1n) is 12.8. The Morgan fingerprint density at radius 3 is 2.37 bits per heavy atom. The second-order valence-electron chi connectivity index (χ2n) is 9.16. The molecule has 9 N–H and O–H groups in total. The van der Waals surface area contributed by atoms with Gasteiger partial charge in [0.1, 0.15) is 6.04 Å². The van der Waals surface area contributed by atoms with Gasteiger partial charge in [0.25, 0.3) is 11.5 Å². The summed E-state index contributed by atoms with van der Waals surface area (Å²) in [4.78, 5) is 91.1. The average molecular weight is 598 g/mol. The van der Waals surface area contributed by atoms with Crippen molar-refractivity contribution in [3.8, 4) is 0 Å². The van der Waals surface area contributed by atoms with Crippen LogP contribution >= 0.6 is 0 Å². The first-order chi connectivity index (χ1) is 20.4. The van der Waals surface area contributed by atoms with Gasteiger partial charge in [-0.05, 0) is 37.6 Å². The number of nitrogens with two attached hydrogens (primary N) is 2. The highest BCUT2D eigenvalue weighted by Gasteiger charge is 2.25. The summed E-state index contributed by atoms with van der Waals surface area (Å²) >= 11 is 0. The van der Waals surface area contributed by atoms with Crippen LogP contribution in [-0.2, 0) is 30.5 Å². The highest BCUT2D eigenvalue weighted by molar-refractivity contribution is 5.95. The molecule has 43 heavy (non-hydrogen) atoms. The van der Waals surface area contributed by atoms with Gasteiger partial charge < -0.3 is 32.5 Å². The number of fused-ring (bicyclic) bond motifs is 1. The van der Waals surface area contributed by atoms with Crippen molar-refractivity contribution in [2.75, 3.05) is 17.6 Å². The molecule has 0 bridgehead atoms. The van der Waals surface area contributed by atoms with Crippen LogP contribution < -0.4 is 33.0 Å². The number of aromatic nitrogens is 4. The predicted molar refractivity (Wildman–Crippen MR) is 150 cm³/mol. The minimum absolute atomic E-state index is 0.0480. The quantitative estimate of drug-likeness (QED) is 0.124. The number of nitrogens with zero attached hydrogens (tertiary/aromatic N) is 3. The summed E-state index contributed by atoms with van der Waals surface area (Å²) in [5.74, 6) is -3.47. The lowest BCUT2D eigenvalue weighted by molar-refractivity contribution is -0.191. The summed E-state index contributed by atoms with van der Waals surface area (Å²) in [6.45, 7) is 3.19. The van der Waals surface area contributed by atoms with Gasteiger partial charge in [-0.25, -0.2) is 9.97 Å². The number of anilines is 2. The largest absolute Gasteiger partial charge is 0.481 e. The number of ketones is 1. The van der Waals surface area contributed by atoms with E-state index in [1.807, 2.05) is 0 Å². The van der Waals surface area contributed by atoms with Crippen molar-refractivity contribution in [2.45, 2.75) is 45.3 Å². The van der Waals surface area contributed by atoms with Gasteiger partial charge in [0, 0.05) is 24.2 Å². The zero-order valence-electron chi connectivity index (χ0n) is 23.2. The first kappa shape index (κ1) is 33.7. The predicted octanol–water partition coefficient (Wildman–Crippen LogP) is -1.04. The number of Topliss-reactive ketones (excluding diaryl/α,β-unsaturated/α-hetero) is 1. The van der Waals surface area contributed by atoms with Gasteiger partial charge in [-0.3, -0.25) is 29.0 Å². The molecule has 0 unspecified atom stereocenters. The summed E-state index contributed by atoms with van der Waals surface area (Å²) in [5.41, 5.74) is 12.6. The van der Waals surface area contributed by atoms with Gasteiger partial charge in [-0.2, -0.15) is 14.6 Å².